The van der Waals surface area contributed by atoms with Gasteiger partial charge in [-0.25, -0.2) is 8.42 Å². The number of halogens is 1. The molecule has 0 unspecified atom stereocenters. The third-order valence-electron chi connectivity index (χ3n) is 4.94. The molecule has 0 aliphatic rings. The van der Waals surface area contributed by atoms with E-state index < -0.39 is 22.0 Å². The van der Waals surface area contributed by atoms with Crippen LogP contribution in [-0.4, -0.2) is 39.5 Å². The number of amides is 1. The van der Waals surface area contributed by atoms with E-state index in [1.807, 2.05) is 0 Å². The number of methoxy groups -OCH3 is 1. The van der Waals surface area contributed by atoms with Crippen LogP contribution in [0.2, 0.25) is 5.02 Å². The highest BCUT2D eigenvalue weighted by atomic mass is 35.5. The molecular formula is C24H23ClN2O5S. The topological polar surface area (TPSA) is 92.8 Å². The average Bonchev–Trinajstić information content (AvgIpc) is 2.80. The normalized spacial score (nSPS) is 12.0. The number of sulfonamides is 1. The van der Waals surface area contributed by atoms with Crippen LogP contribution in [0, 0.1) is 0 Å². The smallest absolute Gasteiger partial charge is 0.248 e. The minimum Gasteiger partial charge on any atom is -0.497 e. The number of benzene rings is 3. The summed E-state index contributed by atoms with van der Waals surface area (Å²) in [5.41, 5.74) is 1.16. The Bertz CT molecular complexity index is 1260. The van der Waals surface area contributed by atoms with Crippen LogP contribution in [0.4, 0.5) is 11.4 Å². The van der Waals surface area contributed by atoms with Gasteiger partial charge in [0.1, 0.15) is 11.8 Å². The molecule has 1 amide bonds. The highest BCUT2D eigenvalue weighted by Crippen LogP contribution is 2.27. The van der Waals surface area contributed by atoms with Crippen LogP contribution in [0.3, 0.4) is 0 Å². The number of nitrogens with one attached hydrogen (secondary N) is 1. The molecule has 0 fully saturated rings. The van der Waals surface area contributed by atoms with Gasteiger partial charge in [-0.1, -0.05) is 41.9 Å². The van der Waals surface area contributed by atoms with Crippen LogP contribution < -0.4 is 14.4 Å². The van der Waals surface area contributed by atoms with Gasteiger partial charge < -0.3 is 10.1 Å². The van der Waals surface area contributed by atoms with Crippen molar-refractivity contribution >= 4 is 44.7 Å². The molecule has 3 aromatic rings. The first-order valence-electron chi connectivity index (χ1n) is 9.95. The molecular weight excluding hydrogens is 464 g/mol. The summed E-state index contributed by atoms with van der Waals surface area (Å²) < 4.78 is 31.2. The molecule has 0 aromatic heterocycles. The van der Waals surface area contributed by atoms with Crippen molar-refractivity contribution in [3.63, 3.8) is 0 Å². The van der Waals surface area contributed by atoms with Crippen molar-refractivity contribution in [1.82, 2.24) is 0 Å². The molecule has 0 spiro atoms. The second-order valence-corrected chi connectivity index (χ2v) is 9.60. The van der Waals surface area contributed by atoms with Crippen molar-refractivity contribution in [2.75, 3.05) is 23.0 Å². The molecule has 0 heterocycles. The number of carbonyl (C=O) groups excluding carboxylic acids is 2. The van der Waals surface area contributed by atoms with Gasteiger partial charge in [0, 0.05) is 16.1 Å². The summed E-state index contributed by atoms with van der Waals surface area (Å²) in [4.78, 5) is 26.1. The molecule has 0 saturated carbocycles. The van der Waals surface area contributed by atoms with E-state index in [9.17, 15) is 18.0 Å². The standard InChI is InChI=1S/C24H23ClN2O5S/c1-16(27(33(3,30)31)19-10-12-20(32-2)13-11-19)24(29)26-22-14-9-18(25)15-21(22)23(28)17-7-5-4-6-8-17/h4-16H,1-3H3,(H,26,29)/t16-/m0/s1. The fraction of sp³-hybridized carbons (Fsp3) is 0.167. The largest absolute Gasteiger partial charge is 0.497 e. The SMILES string of the molecule is COc1ccc(N([C@@H](C)C(=O)Nc2ccc(Cl)cc2C(=O)c2ccccc2)S(C)(=O)=O)cc1. The fourth-order valence-electron chi connectivity index (χ4n) is 3.33. The molecule has 0 aliphatic carbocycles. The predicted octanol–water partition coefficient (Wildman–Crippen LogP) is 4.37. The predicted molar refractivity (Wildman–Crippen MR) is 130 cm³/mol. The lowest BCUT2D eigenvalue weighted by atomic mass is 10.0. The van der Waals surface area contributed by atoms with Crippen molar-refractivity contribution in [3.8, 4) is 5.75 Å². The number of hydrogen-bond acceptors (Lipinski definition) is 5. The lowest BCUT2D eigenvalue weighted by molar-refractivity contribution is -0.116. The second kappa shape index (κ2) is 10.1. The molecule has 1 atom stereocenters. The Morgan fingerprint density at radius 3 is 2.21 bits per heavy atom. The van der Waals surface area contributed by atoms with Crippen LogP contribution in [0.15, 0.2) is 72.8 Å². The van der Waals surface area contributed by atoms with E-state index >= 15 is 0 Å². The van der Waals surface area contributed by atoms with Gasteiger partial charge in [0.2, 0.25) is 15.9 Å². The number of ketones is 1. The first kappa shape index (κ1) is 24.3. The van der Waals surface area contributed by atoms with Crippen LogP contribution in [0.25, 0.3) is 0 Å². The fourth-order valence-corrected chi connectivity index (χ4v) is 4.68. The molecule has 0 aliphatic heterocycles. The van der Waals surface area contributed by atoms with Crippen molar-refractivity contribution in [2.45, 2.75) is 13.0 Å². The Labute approximate surface area is 198 Å². The zero-order chi connectivity index (χ0) is 24.2. The van der Waals surface area contributed by atoms with E-state index in [1.165, 1.54) is 26.2 Å². The molecule has 0 saturated heterocycles. The van der Waals surface area contributed by atoms with Crippen molar-refractivity contribution in [1.29, 1.82) is 0 Å². The number of hydrogen-bond donors (Lipinski definition) is 1. The average molecular weight is 487 g/mol. The molecule has 9 heteroatoms. The summed E-state index contributed by atoms with van der Waals surface area (Å²) in [5.74, 6) is -0.383. The Balaban J connectivity index is 1.93. The molecule has 0 bridgehead atoms. The number of anilines is 2. The molecule has 172 valence electrons. The summed E-state index contributed by atoms with van der Waals surface area (Å²) in [6.07, 6.45) is 1.02. The maximum Gasteiger partial charge on any atom is 0.248 e. The van der Waals surface area contributed by atoms with Crippen molar-refractivity contribution < 1.29 is 22.7 Å². The number of nitrogens with zero attached hydrogens (tertiary/aromatic N) is 1. The van der Waals surface area contributed by atoms with Crippen LogP contribution in [0.1, 0.15) is 22.8 Å². The first-order valence-corrected chi connectivity index (χ1v) is 12.2. The zero-order valence-corrected chi connectivity index (χ0v) is 19.9. The van der Waals surface area contributed by atoms with Gasteiger partial charge in [-0.15, -0.1) is 0 Å². The highest BCUT2D eigenvalue weighted by Gasteiger charge is 2.30. The second-order valence-electron chi connectivity index (χ2n) is 7.31. The van der Waals surface area contributed by atoms with E-state index in [0.717, 1.165) is 10.6 Å². The van der Waals surface area contributed by atoms with Crippen LogP contribution >= 0.6 is 11.6 Å². The van der Waals surface area contributed by atoms with E-state index in [1.54, 1.807) is 60.7 Å². The quantitative estimate of drug-likeness (QED) is 0.477. The zero-order valence-electron chi connectivity index (χ0n) is 18.3. The monoisotopic (exact) mass is 486 g/mol. The van der Waals surface area contributed by atoms with E-state index in [0.29, 0.717) is 22.0 Å². The summed E-state index contributed by atoms with van der Waals surface area (Å²) >= 11 is 6.10. The van der Waals surface area contributed by atoms with Gasteiger partial charge in [0.15, 0.2) is 5.78 Å². The van der Waals surface area contributed by atoms with E-state index in [4.69, 9.17) is 16.3 Å². The van der Waals surface area contributed by atoms with Gasteiger partial charge in [-0.05, 0) is 49.4 Å². The Hall–Kier alpha value is -3.36. The lowest BCUT2D eigenvalue weighted by Crippen LogP contribution is -2.45. The summed E-state index contributed by atoms with van der Waals surface area (Å²) in [6, 6.07) is 18.3. The van der Waals surface area contributed by atoms with Gasteiger partial charge in [0.25, 0.3) is 0 Å². The van der Waals surface area contributed by atoms with Crippen LogP contribution in [-0.2, 0) is 14.8 Å². The first-order chi connectivity index (χ1) is 15.6. The Morgan fingerprint density at radius 1 is 1.00 bits per heavy atom. The van der Waals surface area contributed by atoms with Gasteiger partial charge in [-0.3, -0.25) is 13.9 Å². The highest BCUT2D eigenvalue weighted by molar-refractivity contribution is 7.92. The number of ether oxygens (including phenoxy) is 1. The van der Waals surface area contributed by atoms with Gasteiger partial charge in [0.05, 0.1) is 24.7 Å². The van der Waals surface area contributed by atoms with Gasteiger partial charge in [-0.2, -0.15) is 0 Å². The number of carbonyl (C=O) groups is 2. The maximum absolute atomic E-state index is 13.1. The van der Waals surface area contributed by atoms with Gasteiger partial charge >= 0.3 is 0 Å². The number of rotatable bonds is 8. The van der Waals surface area contributed by atoms with Crippen molar-refractivity contribution in [3.05, 3.63) is 88.9 Å². The minimum atomic E-state index is -3.81. The minimum absolute atomic E-state index is 0.199. The van der Waals surface area contributed by atoms with Crippen LogP contribution in [0.5, 0.6) is 5.75 Å². The Morgan fingerprint density at radius 2 is 1.64 bits per heavy atom. The van der Waals surface area contributed by atoms with E-state index in [-0.39, 0.29) is 17.0 Å². The molecule has 7 nitrogen and oxygen atoms in total. The molecule has 3 rings (SSSR count). The van der Waals surface area contributed by atoms with E-state index in [2.05, 4.69) is 5.32 Å². The molecule has 33 heavy (non-hydrogen) atoms. The summed E-state index contributed by atoms with van der Waals surface area (Å²) in [7, 11) is -2.31. The third kappa shape index (κ3) is 5.71. The molecule has 1 N–H and O–H groups in total. The molecule has 3 aromatic carbocycles. The van der Waals surface area contributed by atoms with Crippen molar-refractivity contribution in [2.24, 2.45) is 0 Å². The summed E-state index contributed by atoms with van der Waals surface area (Å²) in [5, 5.41) is 3.01. The lowest BCUT2D eigenvalue weighted by Gasteiger charge is -2.28. The maximum atomic E-state index is 13.1. The third-order valence-corrected chi connectivity index (χ3v) is 6.41. The summed E-state index contributed by atoms with van der Waals surface area (Å²) in [6.45, 7) is 1.47. The Kier molecular flexibility index (Phi) is 7.40. The molecule has 0 radical (unpaired) electrons.